The second-order valence-electron chi connectivity index (χ2n) is 7.17. The van der Waals surface area contributed by atoms with E-state index in [0.717, 1.165) is 28.1 Å². The van der Waals surface area contributed by atoms with E-state index in [9.17, 15) is 14.4 Å². The summed E-state index contributed by atoms with van der Waals surface area (Å²) in [7, 11) is 0. The first-order valence-electron chi connectivity index (χ1n) is 9.25. The van der Waals surface area contributed by atoms with E-state index >= 15 is 0 Å². The van der Waals surface area contributed by atoms with Gasteiger partial charge in [0.25, 0.3) is 5.91 Å². The third-order valence-electron chi connectivity index (χ3n) is 4.81. The number of nitrogens with one attached hydrogen (secondary N) is 1. The first-order chi connectivity index (χ1) is 13.3. The molecule has 3 rings (SSSR count). The number of nitrogens with zero attached hydrogens (tertiary/aromatic N) is 1. The Balaban J connectivity index is 1.55. The van der Waals surface area contributed by atoms with Gasteiger partial charge in [-0.3, -0.25) is 14.4 Å². The molecule has 0 saturated carbocycles. The van der Waals surface area contributed by atoms with Gasteiger partial charge >= 0.3 is 5.97 Å². The maximum atomic E-state index is 12.3. The highest BCUT2D eigenvalue weighted by Gasteiger charge is 2.36. The van der Waals surface area contributed by atoms with E-state index in [1.54, 1.807) is 4.90 Å². The average Bonchev–Trinajstić information content (AvgIpc) is 3.05. The minimum absolute atomic E-state index is 0.0888. The number of amides is 2. The van der Waals surface area contributed by atoms with Crippen molar-refractivity contribution in [2.45, 2.75) is 27.2 Å². The van der Waals surface area contributed by atoms with Crippen molar-refractivity contribution >= 4 is 29.2 Å². The standard InChI is InChI=1S/C22H24N2O4/c1-14-9-15(2)21(16(3)10-14)23-19(25)13-28-22(27)17-11-20(26)24(12-17)18-7-5-4-6-8-18/h4-10,17H,11-13H2,1-3H3,(H,23,25)/t17-/m0/s1. The van der Waals surface area contributed by atoms with Crippen LogP contribution >= 0.6 is 0 Å². The predicted octanol–water partition coefficient (Wildman–Crippen LogP) is 3.15. The minimum Gasteiger partial charge on any atom is -0.455 e. The Bertz CT molecular complexity index is 885. The van der Waals surface area contributed by atoms with E-state index in [0.29, 0.717) is 0 Å². The fourth-order valence-corrected chi connectivity index (χ4v) is 3.53. The Morgan fingerprint density at radius 3 is 2.39 bits per heavy atom. The van der Waals surface area contributed by atoms with E-state index < -0.39 is 17.8 Å². The number of hydrogen-bond acceptors (Lipinski definition) is 4. The summed E-state index contributed by atoms with van der Waals surface area (Å²) in [4.78, 5) is 38.3. The molecule has 6 nitrogen and oxygen atoms in total. The van der Waals surface area contributed by atoms with Crippen LogP contribution in [0.15, 0.2) is 42.5 Å². The second kappa shape index (κ2) is 8.25. The zero-order chi connectivity index (χ0) is 20.3. The molecule has 0 aromatic heterocycles. The molecule has 28 heavy (non-hydrogen) atoms. The van der Waals surface area contributed by atoms with Gasteiger partial charge in [0, 0.05) is 24.3 Å². The molecule has 146 valence electrons. The summed E-state index contributed by atoms with van der Waals surface area (Å²) in [6.07, 6.45) is 0.0888. The summed E-state index contributed by atoms with van der Waals surface area (Å²) in [5.74, 6) is -1.61. The first-order valence-corrected chi connectivity index (χ1v) is 9.25. The minimum atomic E-state index is -0.566. The third kappa shape index (κ3) is 4.39. The Kier molecular flexibility index (Phi) is 5.78. The number of esters is 1. The number of benzene rings is 2. The lowest BCUT2D eigenvalue weighted by Crippen LogP contribution is -2.28. The van der Waals surface area contributed by atoms with Crippen molar-refractivity contribution in [3.8, 4) is 0 Å². The van der Waals surface area contributed by atoms with Crippen LogP contribution in [0.2, 0.25) is 0 Å². The van der Waals surface area contributed by atoms with E-state index in [1.165, 1.54) is 0 Å². The van der Waals surface area contributed by atoms with Crippen LogP contribution in [0, 0.1) is 26.7 Å². The Labute approximate surface area is 164 Å². The number of rotatable bonds is 5. The van der Waals surface area contributed by atoms with Crippen LogP contribution in [0.3, 0.4) is 0 Å². The maximum Gasteiger partial charge on any atom is 0.311 e. The van der Waals surface area contributed by atoms with Gasteiger partial charge in [-0.05, 0) is 44.0 Å². The number of para-hydroxylation sites is 1. The molecule has 1 saturated heterocycles. The second-order valence-corrected chi connectivity index (χ2v) is 7.17. The van der Waals surface area contributed by atoms with Crippen LogP contribution < -0.4 is 10.2 Å². The van der Waals surface area contributed by atoms with E-state index in [4.69, 9.17) is 4.74 Å². The normalized spacial score (nSPS) is 16.2. The van der Waals surface area contributed by atoms with Crippen molar-refractivity contribution in [1.29, 1.82) is 0 Å². The van der Waals surface area contributed by atoms with Gasteiger partial charge in [0.1, 0.15) is 0 Å². The van der Waals surface area contributed by atoms with Crippen molar-refractivity contribution in [3.63, 3.8) is 0 Å². The third-order valence-corrected chi connectivity index (χ3v) is 4.81. The van der Waals surface area contributed by atoms with Crippen LogP contribution in [-0.2, 0) is 19.1 Å². The highest BCUT2D eigenvalue weighted by atomic mass is 16.5. The summed E-state index contributed by atoms with van der Waals surface area (Å²) in [5, 5.41) is 2.80. The molecule has 1 heterocycles. The number of carbonyl (C=O) groups is 3. The molecule has 1 aliphatic heterocycles. The van der Waals surface area contributed by atoms with Crippen molar-refractivity contribution in [2.24, 2.45) is 5.92 Å². The van der Waals surface area contributed by atoms with Crippen molar-refractivity contribution < 1.29 is 19.1 Å². The van der Waals surface area contributed by atoms with Crippen molar-refractivity contribution in [3.05, 3.63) is 59.2 Å². The topological polar surface area (TPSA) is 75.7 Å². The zero-order valence-corrected chi connectivity index (χ0v) is 16.3. The van der Waals surface area contributed by atoms with E-state index in [-0.39, 0.29) is 25.5 Å². The smallest absolute Gasteiger partial charge is 0.311 e. The summed E-state index contributed by atoms with van der Waals surface area (Å²) >= 11 is 0. The van der Waals surface area contributed by atoms with E-state index in [1.807, 2.05) is 63.2 Å². The number of anilines is 2. The molecule has 1 fully saturated rings. The van der Waals surface area contributed by atoms with Gasteiger partial charge in [-0.25, -0.2) is 0 Å². The molecular weight excluding hydrogens is 356 g/mol. The average molecular weight is 380 g/mol. The molecule has 2 amide bonds. The molecule has 6 heteroatoms. The largest absolute Gasteiger partial charge is 0.455 e. The summed E-state index contributed by atoms with van der Waals surface area (Å²) in [6.45, 7) is 5.73. The molecule has 0 aliphatic carbocycles. The Hall–Kier alpha value is -3.15. The number of ether oxygens (including phenoxy) is 1. The molecule has 2 aromatic rings. The van der Waals surface area contributed by atoms with Crippen LogP contribution in [0.1, 0.15) is 23.1 Å². The van der Waals surface area contributed by atoms with E-state index in [2.05, 4.69) is 5.32 Å². The van der Waals surface area contributed by atoms with Gasteiger partial charge in [0.15, 0.2) is 6.61 Å². The Morgan fingerprint density at radius 2 is 1.75 bits per heavy atom. The highest BCUT2D eigenvalue weighted by Crippen LogP contribution is 2.26. The van der Waals surface area contributed by atoms with Gasteiger partial charge in [-0.2, -0.15) is 0 Å². The fourth-order valence-electron chi connectivity index (χ4n) is 3.53. The molecular formula is C22H24N2O4. The van der Waals surface area contributed by atoms with Crippen LogP contribution in [0.25, 0.3) is 0 Å². The lowest BCUT2D eigenvalue weighted by atomic mass is 10.1. The molecule has 0 bridgehead atoms. The maximum absolute atomic E-state index is 12.3. The van der Waals surface area contributed by atoms with Crippen molar-refractivity contribution in [1.82, 2.24) is 0 Å². The van der Waals surface area contributed by atoms with Crippen molar-refractivity contribution in [2.75, 3.05) is 23.4 Å². The summed E-state index contributed by atoms with van der Waals surface area (Å²) < 4.78 is 5.17. The van der Waals surface area contributed by atoms with Gasteiger partial charge in [0.05, 0.1) is 5.92 Å². The predicted molar refractivity (Wildman–Crippen MR) is 107 cm³/mol. The zero-order valence-electron chi connectivity index (χ0n) is 16.3. The number of hydrogen-bond donors (Lipinski definition) is 1. The molecule has 0 spiro atoms. The fraction of sp³-hybridized carbons (Fsp3) is 0.318. The van der Waals surface area contributed by atoms with Crippen LogP contribution in [0.4, 0.5) is 11.4 Å². The van der Waals surface area contributed by atoms with Crippen LogP contribution in [0.5, 0.6) is 0 Å². The molecule has 1 atom stereocenters. The number of carbonyl (C=O) groups excluding carboxylic acids is 3. The van der Waals surface area contributed by atoms with Gasteiger partial charge in [0.2, 0.25) is 5.91 Å². The SMILES string of the molecule is Cc1cc(C)c(NC(=O)COC(=O)[C@H]2CC(=O)N(c3ccccc3)C2)c(C)c1. The molecule has 0 radical (unpaired) electrons. The number of aryl methyl sites for hydroxylation is 3. The molecule has 1 N–H and O–H groups in total. The van der Waals surface area contributed by atoms with Crippen LogP contribution in [-0.4, -0.2) is 30.9 Å². The molecule has 0 unspecified atom stereocenters. The van der Waals surface area contributed by atoms with Gasteiger partial charge in [-0.15, -0.1) is 0 Å². The lowest BCUT2D eigenvalue weighted by molar-refractivity contribution is -0.151. The monoisotopic (exact) mass is 380 g/mol. The van der Waals surface area contributed by atoms with Gasteiger partial charge < -0.3 is 15.0 Å². The van der Waals surface area contributed by atoms with Gasteiger partial charge in [-0.1, -0.05) is 35.9 Å². The highest BCUT2D eigenvalue weighted by molar-refractivity contribution is 6.00. The lowest BCUT2D eigenvalue weighted by Gasteiger charge is -2.16. The molecule has 2 aromatic carbocycles. The summed E-state index contributed by atoms with van der Waals surface area (Å²) in [5.41, 5.74) is 4.52. The summed E-state index contributed by atoms with van der Waals surface area (Å²) in [6, 6.07) is 13.2. The quantitative estimate of drug-likeness (QED) is 0.809. The Morgan fingerprint density at radius 1 is 1.11 bits per heavy atom. The molecule has 1 aliphatic rings. The first kappa shape index (κ1) is 19.6.